The van der Waals surface area contributed by atoms with Gasteiger partial charge in [-0.1, -0.05) is 71.8 Å². The van der Waals surface area contributed by atoms with Crippen LogP contribution in [0, 0.1) is 19.8 Å². The molecule has 4 nitrogen and oxygen atoms in total. The average Bonchev–Trinajstić information content (AvgIpc) is 3.52. The molecule has 1 aliphatic rings. The molecule has 1 aliphatic carbocycles. The van der Waals surface area contributed by atoms with Crippen LogP contribution in [0.25, 0.3) is 0 Å². The van der Waals surface area contributed by atoms with Gasteiger partial charge >= 0.3 is 0 Å². The van der Waals surface area contributed by atoms with Crippen LogP contribution >= 0.6 is 0 Å². The van der Waals surface area contributed by atoms with Gasteiger partial charge in [0.25, 0.3) is 0 Å². The minimum Gasteiger partial charge on any atom is -0.496 e. The number of ether oxygens (including phenoxy) is 1. The third-order valence-corrected chi connectivity index (χ3v) is 5.93. The molecular weight excluding hydrogens is 372 g/mol. The lowest BCUT2D eigenvalue weighted by Crippen LogP contribution is -2.25. The first kappa shape index (κ1) is 19.9. The van der Waals surface area contributed by atoms with E-state index < -0.39 is 0 Å². The quantitative estimate of drug-likeness (QED) is 0.480. The van der Waals surface area contributed by atoms with Gasteiger partial charge in [0, 0.05) is 11.0 Å². The van der Waals surface area contributed by atoms with Crippen LogP contribution in [0.2, 0.25) is 0 Å². The Morgan fingerprint density at radius 3 is 2.10 bits per heavy atom. The predicted molar refractivity (Wildman–Crippen MR) is 120 cm³/mol. The van der Waals surface area contributed by atoms with Crippen LogP contribution in [0.3, 0.4) is 0 Å². The fourth-order valence-electron chi connectivity index (χ4n) is 4.10. The van der Waals surface area contributed by atoms with E-state index in [-0.39, 0.29) is 17.2 Å². The molecule has 0 aromatic heterocycles. The molecule has 1 saturated carbocycles. The highest BCUT2D eigenvalue weighted by Crippen LogP contribution is 2.59. The van der Waals surface area contributed by atoms with E-state index in [1.165, 1.54) is 22.3 Å². The zero-order chi connectivity index (χ0) is 21.1. The summed E-state index contributed by atoms with van der Waals surface area (Å²) >= 11 is 0. The van der Waals surface area contributed by atoms with Crippen molar-refractivity contribution in [1.29, 1.82) is 0 Å². The van der Waals surface area contributed by atoms with Crippen molar-refractivity contribution < 1.29 is 9.53 Å². The van der Waals surface area contributed by atoms with Crippen molar-refractivity contribution in [1.82, 2.24) is 5.43 Å². The molecule has 1 atom stereocenters. The number of hydrogen-bond donors (Lipinski definition) is 1. The van der Waals surface area contributed by atoms with Crippen LogP contribution in [-0.4, -0.2) is 19.2 Å². The first-order valence-electron chi connectivity index (χ1n) is 10.1. The Bertz CT molecular complexity index is 1020. The lowest BCUT2D eigenvalue weighted by Gasteiger charge is -2.19. The van der Waals surface area contributed by atoms with Gasteiger partial charge < -0.3 is 4.74 Å². The van der Waals surface area contributed by atoms with Crippen LogP contribution < -0.4 is 10.2 Å². The van der Waals surface area contributed by atoms with E-state index in [4.69, 9.17) is 4.74 Å². The molecule has 0 aliphatic heterocycles. The molecule has 0 unspecified atom stereocenters. The Morgan fingerprint density at radius 1 is 0.967 bits per heavy atom. The van der Waals surface area contributed by atoms with Crippen LogP contribution in [-0.2, 0) is 10.2 Å². The summed E-state index contributed by atoms with van der Waals surface area (Å²) in [6.07, 6.45) is 2.40. The SMILES string of the molecule is COc1ccccc1/C=N\NC(=O)[C@H]1CC1(c1ccc(C)cc1)c1ccc(C)cc1. The largest absolute Gasteiger partial charge is 0.496 e. The second-order valence-electron chi connectivity index (χ2n) is 7.94. The van der Waals surface area contributed by atoms with Crippen molar-refractivity contribution in [3.05, 3.63) is 101 Å². The summed E-state index contributed by atoms with van der Waals surface area (Å²) in [5.41, 5.74) is 8.02. The van der Waals surface area contributed by atoms with Gasteiger partial charge in [-0.15, -0.1) is 0 Å². The van der Waals surface area contributed by atoms with Crippen LogP contribution in [0.4, 0.5) is 0 Å². The molecule has 0 spiro atoms. The highest BCUT2D eigenvalue weighted by molar-refractivity contribution is 5.88. The average molecular weight is 399 g/mol. The van der Waals surface area contributed by atoms with Crippen molar-refractivity contribution >= 4 is 12.1 Å². The van der Waals surface area contributed by atoms with Gasteiger partial charge in [0.15, 0.2) is 0 Å². The second kappa shape index (κ2) is 8.15. The zero-order valence-electron chi connectivity index (χ0n) is 17.6. The van der Waals surface area contributed by atoms with Crippen molar-refractivity contribution in [2.45, 2.75) is 25.7 Å². The van der Waals surface area contributed by atoms with E-state index in [0.29, 0.717) is 0 Å². The maximum Gasteiger partial charge on any atom is 0.244 e. The van der Waals surface area contributed by atoms with E-state index in [0.717, 1.165) is 17.7 Å². The standard InChI is InChI=1S/C26H26N2O2/c1-18-8-12-21(13-9-18)26(22-14-10-19(2)11-15-22)16-23(26)25(29)28-27-17-20-6-4-5-7-24(20)30-3/h4-15,17,23H,16H2,1-3H3,(H,28,29)/b27-17-/t23-/m1/s1. The summed E-state index contributed by atoms with van der Waals surface area (Å²) in [4.78, 5) is 13.0. The number of rotatable bonds is 6. The summed E-state index contributed by atoms with van der Waals surface area (Å²) in [6.45, 7) is 4.15. The molecule has 0 radical (unpaired) electrons. The number of benzene rings is 3. The smallest absolute Gasteiger partial charge is 0.244 e. The van der Waals surface area contributed by atoms with Crippen molar-refractivity contribution in [2.75, 3.05) is 7.11 Å². The summed E-state index contributed by atoms with van der Waals surface area (Å²) in [6, 6.07) is 24.6. The Morgan fingerprint density at radius 2 is 1.53 bits per heavy atom. The van der Waals surface area contributed by atoms with Gasteiger partial charge in [-0.3, -0.25) is 4.79 Å². The Kier molecular flexibility index (Phi) is 5.40. The van der Waals surface area contributed by atoms with Crippen LogP contribution in [0.1, 0.15) is 34.2 Å². The predicted octanol–water partition coefficient (Wildman–Crippen LogP) is 4.77. The number of nitrogens with zero attached hydrogens (tertiary/aromatic N) is 1. The number of carbonyl (C=O) groups excluding carboxylic acids is 1. The molecule has 3 aromatic rings. The Hall–Kier alpha value is -3.40. The normalized spacial score (nSPS) is 17.0. The number of para-hydroxylation sites is 1. The van der Waals surface area contributed by atoms with E-state index in [9.17, 15) is 4.79 Å². The Labute approximate surface area is 177 Å². The van der Waals surface area contributed by atoms with E-state index >= 15 is 0 Å². The van der Waals surface area contributed by atoms with Gasteiger partial charge in [-0.05, 0) is 43.5 Å². The molecule has 0 heterocycles. The second-order valence-corrected chi connectivity index (χ2v) is 7.94. The molecule has 1 fully saturated rings. The lowest BCUT2D eigenvalue weighted by molar-refractivity contribution is -0.122. The molecular formula is C26H26N2O2. The van der Waals surface area contributed by atoms with Gasteiger partial charge in [0.2, 0.25) is 5.91 Å². The van der Waals surface area contributed by atoms with E-state index in [1.54, 1.807) is 13.3 Å². The molecule has 1 N–H and O–H groups in total. The van der Waals surface area contributed by atoms with Gasteiger partial charge in [0.05, 0.1) is 19.2 Å². The van der Waals surface area contributed by atoms with Crippen LogP contribution in [0.15, 0.2) is 77.9 Å². The summed E-state index contributed by atoms with van der Waals surface area (Å²) < 4.78 is 5.33. The number of aryl methyl sites for hydroxylation is 2. The van der Waals surface area contributed by atoms with Crippen LogP contribution in [0.5, 0.6) is 5.75 Å². The van der Waals surface area contributed by atoms with Crippen molar-refractivity contribution in [3.63, 3.8) is 0 Å². The Balaban J connectivity index is 1.57. The molecule has 0 bridgehead atoms. The molecule has 152 valence electrons. The fraction of sp³-hybridized carbons (Fsp3) is 0.231. The number of methoxy groups -OCH3 is 1. The number of nitrogens with one attached hydrogen (secondary N) is 1. The maximum atomic E-state index is 13.0. The lowest BCUT2D eigenvalue weighted by atomic mass is 9.85. The van der Waals surface area contributed by atoms with E-state index in [2.05, 4.69) is 72.9 Å². The minimum absolute atomic E-state index is 0.0673. The fourth-order valence-corrected chi connectivity index (χ4v) is 4.10. The van der Waals surface area contributed by atoms with E-state index in [1.807, 2.05) is 24.3 Å². The van der Waals surface area contributed by atoms with Crippen molar-refractivity contribution in [2.24, 2.45) is 11.0 Å². The monoisotopic (exact) mass is 398 g/mol. The summed E-state index contributed by atoms with van der Waals surface area (Å²) in [5.74, 6) is 0.496. The molecule has 4 heteroatoms. The maximum absolute atomic E-state index is 13.0. The van der Waals surface area contributed by atoms with Gasteiger partial charge in [-0.25, -0.2) is 5.43 Å². The zero-order valence-corrected chi connectivity index (χ0v) is 17.6. The molecule has 0 saturated heterocycles. The number of hydrogen-bond acceptors (Lipinski definition) is 3. The molecule has 4 rings (SSSR count). The summed E-state index contributed by atoms with van der Waals surface area (Å²) in [5, 5.41) is 4.19. The minimum atomic E-state index is -0.300. The molecule has 1 amide bonds. The molecule has 3 aromatic carbocycles. The first-order chi connectivity index (χ1) is 14.5. The van der Waals surface area contributed by atoms with Gasteiger partial charge in [-0.2, -0.15) is 5.10 Å². The first-order valence-corrected chi connectivity index (χ1v) is 10.1. The molecule has 30 heavy (non-hydrogen) atoms. The highest BCUT2D eigenvalue weighted by atomic mass is 16.5. The third kappa shape index (κ3) is 3.73. The highest BCUT2D eigenvalue weighted by Gasteiger charge is 2.60. The third-order valence-electron chi connectivity index (χ3n) is 5.93. The number of hydrazone groups is 1. The number of amides is 1. The van der Waals surface area contributed by atoms with Crippen molar-refractivity contribution in [3.8, 4) is 5.75 Å². The number of carbonyl (C=O) groups is 1. The van der Waals surface area contributed by atoms with Gasteiger partial charge in [0.1, 0.15) is 5.75 Å². The summed E-state index contributed by atoms with van der Waals surface area (Å²) in [7, 11) is 1.62. The topological polar surface area (TPSA) is 50.7 Å².